The van der Waals surface area contributed by atoms with Gasteiger partial charge in [0.05, 0.1) is 6.61 Å². The number of unbranched alkanes of at least 4 members (excludes halogenated alkanes) is 19. The summed E-state index contributed by atoms with van der Waals surface area (Å²) in [6.45, 7) is 5.75. The van der Waals surface area contributed by atoms with Crippen LogP contribution in [-0.4, -0.2) is 89.2 Å². The number of aliphatic hydroxyl groups excluding tert-OH is 2. The second-order valence-electron chi connectivity index (χ2n) is 19.2. The molecule has 0 aromatic heterocycles. The molecule has 0 saturated carbocycles. The minimum atomic E-state index is -1.91. The fraction of sp³-hybridized carbons (Fsp3) is 0.705. The molecule has 3 N–H and O–H groups in total. The molecule has 1 rings (SSSR count). The van der Waals surface area contributed by atoms with Gasteiger partial charge in [-0.25, -0.2) is 4.79 Å². The lowest BCUT2D eigenvalue weighted by Gasteiger charge is -2.40. The number of carbonyl (C=O) groups is 4. The summed E-state index contributed by atoms with van der Waals surface area (Å²) in [5.41, 5.74) is 0. The Morgan fingerprint density at radius 1 is 0.466 bits per heavy atom. The largest absolute Gasteiger partial charge is 0.479 e. The zero-order chi connectivity index (χ0) is 53.3. The molecule has 1 heterocycles. The first-order valence-electron chi connectivity index (χ1n) is 28.6. The monoisotopic (exact) mass is 1020 g/mol. The molecule has 6 atom stereocenters. The highest BCUT2D eigenvalue weighted by molar-refractivity contribution is 5.74. The second kappa shape index (κ2) is 48.8. The van der Waals surface area contributed by atoms with Crippen LogP contribution in [0, 0.1) is 0 Å². The Morgan fingerprint density at radius 3 is 1.40 bits per heavy atom. The standard InChI is InChI=1S/C61H100O12/c1-4-7-10-13-16-19-22-24-25-26-27-28-29-31-33-35-38-41-44-47-53(62)69-50-52(71-54(63)48-45-42-39-37-34-30-23-20-17-14-11-8-5-2)51-70-61-59(57(66)56(65)58(73-61)60(67)68)72-55(64)49-46-43-40-36-32-21-18-15-12-9-6-3/h8,11,16-17,19-20,24-25,27-28,30,34,39,42,52,56-59,61,65-66H,4-7,9-10,12-15,18,21-23,26,29,31-33,35-38,40-41,43-51H2,1-3H3,(H,67,68)/b11-8-,19-16-,20-17-,25-24-,28-27-,34-30-,42-39-. The second-order valence-corrected chi connectivity index (χ2v) is 19.2. The van der Waals surface area contributed by atoms with Gasteiger partial charge in [-0.05, 0) is 83.5 Å². The van der Waals surface area contributed by atoms with Crippen molar-refractivity contribution in [3.05, 3.63) is 85.1 Å². The molecule has 1 aliphatic rings. The van der Waals surface area contributed by atoms with Crippen LogP contribution in [0.3, 0.4) is 0 Å². The van der Waals surface area contributed by atoms with E-state index in [1.807, 2.05) is 12.2 Å². The van der Waals surface area contributed by atoms with Crippen molar-refractivity contribution in [1.29, 1.82) is 0 Å². The summed E-state index contributed by atoms with van der Waals surface area (Å²) in [5.74, 6) is -3.25. The maximum absolute atomic E-state index is 13.1. The molecule has 12 nitrogen and oxygen atoms in total. The van der Waals surface area contributed by atoms with E-state index in [9.17, 15) is 34.5 Å². The Bertz CT molecular complexity index is 1590. The van der Waals surface area contributed by atoms with Crippen molar-refractivity contribution in [2.75, 3.05) is 13.2 Å². The van der Waals surface area contributed by atoms with Crippen LogP contribution in [0.25, 0.3) is 0 Å². The van der Waals surface area contributed by atoms with Gasteiger partial charge in [-0.2, -0.15) is 0 Å². The molecule has 0 aromatic rings. The van der Waals surface area contributed by atoms with Gasteiger partial charge < -0.3 is 39.0 Å². The van der Waals surface area contributed by atoms with Gasteiger partial charge in [-0.1, -0.05) is 209 Å². The molecule has 73 heavy (non-hydrogen) atoms. The quantitative estimate of drug-likeness (QED) is 0.0228. The lowest BCUT2D eigenvalue weighted by Crippen LogP contribution is -2.61. The molecule has 0 spiro atoms. The van der Waals surface area contributed by atoms with Crippen LogP contribution in [0.4, 0.5) is 0 Å². The fourth-order valence-corrected chi connectivity index (χ4v) is 8.09. The van der Waals surface area contributed by atoms with E-state index in [-0.39, 0.29) is 25.9 Å². The Balaban J connectivity index is 2.73. The zero-order valence-electron chi connectivity index (χ0n) is 45.6. The lowest BCUT2D eigenvalue weighted by molar-refractivity contribution is -0.301. The van der Waals surface area contributed by atoms with E-state index in [1.54, 1.807) is 0 Å². The van der Waals surface area contributed by atoms with Crippen molar-refractivity contribution in [3.8, 4) is 0 Å². The van der Waals surface area contributed by atoms with Crippen molar-refractivity contribution in [2.24, 2.45) is 0 Å². The van der Waals surface area contributed by atoms with Gasteiger partial charge in [0.25, 0.3) is 0 Å². The number of carboxylic acid groups (broad SMARTS) is 1. The highest BCUT2D eigenvalue weighted by Gasteiger charge is 2.50. The predicted octanol–water partition coefficient (Wildman–Crippen LogP) is 14.3. The summed E-state index contributed by atoms with van der Waals surface area (Å²) >= 11 is 0. The van der Waals surface area contributed by atoms with Gasteiger partial charge in [0.1, 0.15) is 18.8 Å². The summed E-state index contributed by atoms with van der Waals surface area (Å²) in [6.07, 6.45) is 50.1. The van der Waals surface area contributed by atoms with E-state index in [4.69, 9.17) is 23.7 Å². The molecule has 6 unspecified atom stereocenters. The molecule has 416 valence electrons. The van der Waals surface area contributed by atoms with E-state index >= 15 is 0 Å². The molecule has 0 amide bonds. The number of hydrogen-bond donors (Lipinski definition) is 3. The molecule has 0 aliphatic carbocycles. The smallest absolute Gasteiger partial charge is 0.335 e. The summed E-state index contributed by atoms with van der Waals surface area (Å²) in [6, 6.07) is 0. The molecule has 0 radical (unpaired) electrons. The van der Waals surface area contributed by atoms with E-state index < -0.39 is 67.3 Å². The highest BCUT2D eigenvalue weighted by Crippen LogP contribution is 2.26. The third-order valence-electron chi connectivity index (χ3n) is 12.5. The topological polar surface area (TPSA) is 175 Å². The van der Waals surface area contributed by atoms with Crippen molar-refractivity contribution >= 4 is 23.9 Å². The Kier molecular flexibility index (Phi) is 44.7. The number of carboxylic acids is 1. The Morgan fingerprint density at radius 2 is 0.890 bits per heavy atom. The molecule has 1 aliphatic heterocycles. The average Bonchev–Trinajstić information content (AvgIpc) is 3.37. The van der Waals surface area contributed by atoms with Crippen LogP contribution in [0.1, 0.15) is 226 Å². The maximum Gasteiger partial charge on any atom is 0.335 e. The zero-order valence-corrected chi connectivity index (χ0v) is 45.6. The van der Waals surface area contributed by atoms with Crippen molar-refractivity contribution < 1.29 is 58.2 Å². The van der Waals surface area contributed by atoms with Crippen molar-refractivity contribution in [3.63, 3.8) is 0 Å². The highest BCUT2D eigenvalue weighted by atomic mass is 16.7. The molecule has 0 bridgehead atoms. The molecular formula is C61H100O12. The predicted molar refractivity (Wildman–Crippen MR) is 294 cm³/mol. The van der Waals surface area contributed by atoms with Crippen LogP contribution in [0.15, 0.2) is 85.1 Å². The van der Waals surface area contributed by atoms with Crippen LogP contribution >= 0.6 is 0 Å². The van der Waals surface area contributed by atoms with E-state index in [0.29, 0.717) is 25.7 Å². The van der Waals surface area contributed by atoms with Gasteiger partial charge in [0.15, 0.2) is 24.6 Å². The Hall–Kier alpha value is -4.10. The molecule has 0 aromatic carbocycles. The molecule has 1 fully saturated rings. The first kappa shape index (κ1) is 66.9. The Labute approximate surface area is 441 Å². The third-order valence-corrected chi connectivity index (χ3v) is 12.5. The summed E-state index contributed by atoms with van der Waals surface area (Å²) in [4.78, 5) is 50.9. The van der Waals surface area contributed by atoms with Crippen LogP contribution < -0.4 is 0 Å². The van der Waals surface area contributed by atoms with E-state index in [1.165, 1.54) is 64.2 Å². The van der Waals surface area contributed by atoms with E-state index in [2.05, 4.69) is 93.7 Å². The van der Waals surface area contributed by atoms with Crippen LogP contribution in [0.5, 0.6) is 0 Å². The van der Waals surface area contributed by atoms with Crippen molar-refractivity contribution in [2.45, 2.75) is 263 Å². The number of aliphatic carboxylic acids is 1. The first-order valence-corrected chi connectivity index (χ1v) is 28.6. The number of carbonyl (C=O) groups excluding carboxylic acids is 3. The van der Waals surface area contributed by atoms with Crippen LogP contribution in [-0.2, 0) is 42.9 Å². The number of rotatable bonds is 47. The first-order chi connectivity index (χ1) is 35.6. The molecule has 1 saturated heterocycles. The normalized spacial score (nSPS) is 18.9. The SMILES string of the molecule is CC/C=C\C/C=C\C/C=C\C/C=C\CCC(=O)OC(COC(=O)CCCCCCCC/C=C\C/C=C\C/C=C\CCCCC)COC1OC(C(=O)O)C(O)C(O)C1OC(=O)CCCCCCCCCCCCC. The number of hydrogen-bond acceptors (Lipinski definition) is 11. The molecule has 12 heteroatoms. The average molecular weight is 1030 g/mol. The summed E-state index contributed by atoms with van der Waals surface area (Å²) < 4.78 is 28.3. The van der Waals surface area contributed by atoms with Gasteiger partial charge in [-0.3, -0.25) is 14.4 Å². The number of allylic oxidation sites excluding steroid dienone is 14. The maximum atomic E-state index is 13.1. The number of aliphatic hydroxyl groups is 2. The van der Waals surface area contributed by atoms with Gasteiger partial charge in [0.2, 0.25) is 0 Å². The lowest BCUT2D eigenvalue weighted by atomic mass is 9.98. The fourth-order valence-electron chi connectivity index (χ4n) is 8.09. The van der Waals surface area contributed by atoms with Crippen LogP contribution in [0.2, 0.25) is 0 Å². The third kappa shape index (κ3) is 39.0. The van der Waals surface area contributed by atoms with Gasteiger partial charge in [0, 0.05) is 19.3 Å². The number of ether oxygens (including phenoxy) is 5. The van der Waals surface area contributed by atoms with Gasteiger partial charge in [-0.15, -0.1) is 0 Å². The minimum absolute atomic E-state index is 0.0366. The van der Waals surface area contributed by atoms with Crippen molar-refractivity contribution in [1.82, 2.24) is 0 Å². The molecular weight excluding hydrogens is 925 g/mol. The summed E-state index contributed by atoms with van der Waals surface area (Å²) in [7, 11) is 0. The number of esters is 3. The van der Waals surface area contributed by atoms with Gasteiger partial charge >= 0.3 is 23.9 Å². The van der Waals surface area contributed by atoms with E-state index in [0.717, 1.165) is 96.3 Å². The summed E-state index contributed by atoms with van der Waals surface area (Å²) in [5, 5.41) is 31.4. The minimum Gasteiger partial charge on any atom is -0.479 e.